The van der Waals surface area contributed by atoms with Gasteiger partial charge >= 0.3 is 0 Å². The van der Waals surface area contributed by atoms with Crippen LogP contribution in [-0.4, -0.2) is 12.1 Å². The predicted molar refractivity (Wildman–Crippen MR) is 97.6 cm³/mol. The van der Waals surface area contributed by atoms with Gasteiger partial charge in [-0.25, -0.2) is 0 Å². The Labute approximate surface area is 140 Å². The number of nitrogens with two attached hydrogens (primary N) is 1. The Morgan fingerprint density at radius 1 is 0.957 bits per heavy atom. The summed E-state index contributed by atoms with van der Waals surface area (Å²) in [6.07, 6.45) is 4.61. The van der Waals surface area contributed by atoms with Crippen molar-refractivity contribution >= 4 is 0 Å². The van der Waals surface area contributed by atoms with Gasteiger partial charge in [0.2, 0.25) is 0 Å². The Morgan fingerprint density at radius 3 is 2.30 bits per heavy atom. The van der Waals surface area contributed by atoms with Crippen molar-refractivity contribution in [2.75, 3.05) is 0 Å². The van der Waals surface area contributed by atoms with E-state index in [0.29, 0.717) is 12.1 Å². The van der Waals surface area contributed by atoms with E-state index in [1.54, 1.807) is 0 Å². The molecule has 0 spiro atoms. The average Bonchev–Trinajstić information content (AvgIpc) is 2.56. The molecule has 1 unspecified atom stereocenters. The average molecular weight is 308 g/mol. The maximum Gasteiger partial charge on any atom is 0.0581 e. The largest absolute Gasteiger partial charge is 0.328 e. The number of aryl methyl sites for hydroxylation is 2. The molecule has 3 N–H and O–H groups in total. The third-order valence-electron chi connectivity index (χ3n) is 5.04. The standard InChI is InChI=1S/C21H28N2/c1-15-8-13-20(16(2)14-15)21(17-6-4-3-5-7-17)23-19-11-9-18(22)10-12-19/h3-8,13-14,18-19,21,23H,9-12,22H2,1-2H3. The second kappa shape index (κ2) is 7.29. The van der Waals surface area contributed by atoms with Crippen molar-refractivity contribution in [2.45, 2.75) is 57.7 Å². The van der Waals surface area contributed by atoms with Crippen molar-refractivity contribution in [1.82, 2.24) is 5.32 Å². The summed E-state index contributed by atoms with van der Waals surface area (Å²) in [4.78, 5) is 0. The molecule has 2 nitrogen and oxygen atoms in total. The van der Waals surface area contributed by atoms with Crippen LogP contribution in [0.3, 0.4) is 0 Å². The minimum absolute atomic E-state index is 0.260. The molecule has 1 fully saturated rings. The van der Waals surface area contributed by atoms with E-state index >= 15 is 0 Å². The summed E-state index contributed by atoms with van der Waals surface area (Å²) in [5.41, 5.74) is 11.5. The Balaban J connectivity index is 1.88. The summed E-state index contributed by atoms with van der Waals surface area (Å²) in [6.45, 7) is 4.38. The fourth-order valence-electron chi connectivity index (χ4n) is 3.68. The maximum atomic E-state index is 6.06. The van der Waals surface area contributed by atoms with Crippen LogP contribution in [-0.2, 0) is 0 Å². The lowest BCUT2D eigenvalue weighted by atomic mass is 9.88. The molecule has 0 heterocycles. The molecule has 1 aliphatic carbocycles. The first-order valence-corrected chi connectivity index (χ1v) is 8.77. The van der Waals surface area contributed by atoms with E-state index in [9.17, 15) is 0 Å². The Bertz CT molecular complexity index is 628. The van der Waals surface area contributed by atoms with Crippen LogP contribution in [0.1, 0.15) is 54.0 Å². The highest BCUT2D eigenvalue weighted by molar-refractivity contribution is 5.39. The Hall–Kier alpha value is -1.64. The number of nitrogens with one attached hydrogen (secondary N) is 1. The molecule has 1 atom stereocenters. The van der Waals surface area contributed by atoms with Gasteiger partial charge in [-0.15, -0.1) is 0 Å². The lowest BCUT2D eigenvalue weighted by molar-refractivity contribution is 0.328. The van der Waals surface area contributed by atoms with Gasteiger partial charge in [-0.1, -0.05) is 54.1 Å². The highest BCUT2D eigenvalue weighted by atomic mass is 15.0. The fraction of sp³-hybridized carbons (Fsp3) is 0.429. The van der Waals surface area contributed by atoms with Gasteiger partial charge in [-0.05, 0) is 56.2 Å². The number of benzene rings is 2. The maximum absolute atomic E-state index is 6.06. The molecule has 2 aromatic rings. The van der Waals surface area contributed by atoms with Gasteiger partial charge in [0.15, 0.2) is 0 Å². The summed E-state index contributed by atoms with van der Waals surface area (Å²) in [5, 5.41) is 3.91. The van der Waals surface area contributed by atoms with E-state index in [4.69, 9.17) is 5.73 Å². The van der Waals surface area contributed by atoms with E-state index in [1.807, 2.05) is 0 Å². The summed E-state index contributed by atoms with van der Waals surface area (Å²) < 4.78 is 0. The van der Waals surface area contributed by atoms with E-state index in [2.05, 4.69) is 67.7 Å². The molecule has 0 aromatic heterocycles. The first-order chi connectivity index (χ1) is 11.1. The zero-order valence-electron chi connectivity index (χ0n) is 14.3. The zero-order valence-corrected chi connectivity index (χ0v) is 14.3. The molecule has 1 aliphatic rings. The van der Waals surface area contributed by atoms with Crippen molar-refractivity contribution in [3.05, 3.63) is 70.8 Å². The minimum Gasteiger partial charge on any atom is -0.328 e. The van der Waals surface area contributed by atoms with Crippen LogP contribution >= 0.6 is 0 Å². The van der Waals surface area contributed by atoms with Gasteiger partial charge in [0.1, 0.15) is 0 Å². The van der Waals surface area contributed by atoms with Crippen LogP contribution in [0.5, 0.6) is 0 Å². The lowest BCUT2D eigenvalue weighted by Gasteiger charge is -2.32. The number of rotatable bonds is 4. The monoisotopic (exact) mass is 308 g/mol. The minimum atomic E-state index is 0.260. The topological polar surface area (TPSA) is 38.0 Å². The van der Waals surface area contributed by atoms with Crippen LogP contribution < -0.4 is 11.1 Å². The Kier molecular flexibility index (Phi) is 5.14. The molecule has 0 saturated heterocycles. The molecule has 0 aliphatic heterocycles. The second-order valence-electron chi connectivity index (χ2n) is 6.98. The molecule has 0 radical (unpaired) electrons. The van der Waals surface area contributed by atoms with Crippen LogP contribution in [0.4, 0.5) is 0 Å². The normalized spacial score (nSPS) is 22.7. The summed E-state index contributed by atoms with van der Waals surface area (Å²) in [5.74, 6) is 0. The SMILES string of the molecule is Cc1ccc(C(NC2CCC(N)CC2)c2ccccc2)c(C)c1. The summed E-state index contributed by atoms with van der Waals surface area (Å²) >= 11 is 0. The number of hydrogen-bond acceptors (Lipinski definition) is 2. The summed E-state index contributed by atoms with van der Waals surface area (Å²) in [7, 11) is 0. The quantitative estimate of drug-likeness (QED) is 0.886. The van der Waals surface area contributed by atoms with Crippen molar-refractivity contribution in [3.63, 3.8) is 0 Å². The molecule has 2 heteroatoms. The van der Waals surface area contributed by atoms with E-state index < -0.39 is 0 Å². The van der Waals surface area contributed by atoms with E-state index in [-0.39, 0.29) is 6.04 Å². The third kappa shape index (κ3) is 4.01. The molecule has 1 saturated carbocycles. The second-order valence-corrected chi connectivity index (χ2v) is 6.98. The van der Waals surface area contributed by atoms with Crippen molar-refractivity contribution in [2.24, 2.45) is 5.73 Å². The van der Waals surface area contributed by atoms with E-state index in [0.717, 1.165) is 12.8 Å². The highest BCUT2D eigenvalue weighted by Crippen LogP contribution is 2.28. The van der Waals surface area contributed by atoms with Gasteiger partial charge in [0.05, 0.1) is 6.04 Å². The molecule has 23 heavy (non-hydrogen) atoms. The fourth-order valence-corrected chi connectivity index (χ4v) is 3.68. The van der Waals surface area contributed by atoms with Gasteiger partial charge < -0.3 is 11.1 Å². The van der Waals surface area contributed by atoms with E-state index in [1.165, 1.54) is 35.1 Å². The van der Waals surface area contributed by atoms with Crippen LogP contribution in [0.15, 0.2) is 48.5 Å². The van der Waals surface area contributed by atoms with Crippen LogP contribution in [0.25, 0.3) is 0 Å². The lowest BCUT2D eigenvalue weighted by Crippen LogP contribution is -2.39. The number of hydrogen-bond donors (Lipinski definition) is 2. The summed E-state index contributed by atoms with van der Waals surface area (Å²) in [6, 6.07) is 18.8. The predicted octanol–water partition coefficient (Wildman–Crippen LogP) is 4.25. The van der Waals surface area contributed by atoms with Gasteiger partial charge in [-0.2, -0.15) is 0 Å². The van der Waals surface area contributed by atoms with Crippen molar-refractivity contribution < 1.29 is 0 Å². The first-order valence-electron chi connectivity index (χ1n) is 8.77. The molecular weight excluding hydrogens is 280 g/mol. The molecule has 0 amide bonds. The third-order valence-corrected chi connectivity index (χ3v) is 5.04. The van der Waals surface area contributed by atoms with Crippen LogP contribution in [0.2, 0.25) is 0 Å². The molecule has 3 rings (SSSR count). The zero-order chi connectivity index (χ0) is 16.2. The van der Waals surface area contributed by atoms with Gasteiger partial charge in [0, 0.05) is 12.1 Å². The molecule has 2 aromatic carbocycles. The molecular formula is C21H28N2. The highest BCUT2D eigenvalue weighted by Gasteiger charge is 2.23. The Morgan fingerprint density at radius 2 is 1.65 bits per heavy atom. The van der Waals surface area contributed by atoms with Gasteiger partial charge in [0.25, 0.3) is 0 Å². The van der Waals surface area contributed by atoms with Crippen molar-refractivity contribution in [3.8, 4) is 0 Å². The smallest absolute Gasteiger partial charge is 0.0581 e. The molecule has 0 bridgehead atoms. The van der Waals surface area contributed by atoms with Crippen LogP contribution in [0, 0.1) is 13.8 Å². The molecule has 122 valence electrons. The van der Waals surface area contributed by atoms with Gasteiger partial charge in [-0.3, -0.25) is 0 Å². The first kappa shape index (κ1) is 16.2. The van der Waals surface area contributed by atoms with Crippen molar-refractivity contribution in [1.29, 1.82) is 0 Å².